The highest BCUT2D eigenvalue weighted by molar-refractivity contribution is 7.91. The summed E-state index contributed by atoms with van der Waals surface area (Å²) in [5.74, 6) is 0. The quantitative estimate of drug-likeness (QED) is 0.300. The lowest BCUT2D eigenvalue weighted by Crippen LogP contribution is -2.30. The van der Waals surface area contributed by atoms with E-state index < -0.39 is 27.3 Å². The van der Waals surface area contributed by atoms with Gasteiger partial charge in [-0.3, -0.25) is 9.39 Å². The summed E-state index contributed by atoms with van der Waals surface area (Å²) < 4.78 is 48.9. The monoisotopic (exact) mass is 367 g/mol. The van der Waals surface area contributed by atoms with Gasteiger partial charge in [-0.25, -0.2) is 17.4 Å². The van der Waals surface area contributed by atoms with Crippen LogP contribution in [-0.2, 0) is 30.7 Å². The van der Waals surface area contributed by atoms with E-state index in [9.17, 15) is 22.0 Å². The van der Waals surface area contributed by atoms with E-state index >= 15 is 0 Å². The number of hydrogen-bond acceptors (Lipinski definition) is 7. The van der Waals surface area contributed by atoms with Crippen LogP contribution in [0.5, 0.6) is 0 Å². The maximum absolute atomic E-state index is 11.7. The Bertz CT molecular complexity index is 661. The van der Waals surface area contributed by atoms with Crippen LogP contribution >= 0.6 is 0 Å². The van der Waals surface area contributed by atoms with Crippen molar-refractivity contribution in [3.8, 4) is 0 Å². The molecule has 0 radical (unpaired) electrons. The summed E-state index contributed by atoms with van der Waals surface area (Å²) in [6, 6.07) is 5.26. The summed E-state index contributed by atoms with van der Waals surface area (Å²) in [4.78, 5) is 15.8. The fraction of sp³-hybridized carbons (Fsp3) is 0.417. The van der Waals surface area contributed by atoms with Crippen molar-refractivity contribution in [2.45, 2.75) is 17.7 Å². The van der Waals surface area contributed by atoms with Crippen LogP contribution in [0.2, 0.25) is 0 Å². The summed E-state index contributed by atoms with van der Waals surface area (Å²) in [6.45, 7) is -0.119. The number of hydrogen-bond donors (Lipinski definition) is 2. The lowest BCUT2D eigenvalue weighted by atomic mass is 10.3. The number of nitrogens with zero attached hydrogens (tertiary/aromatic N) is 1. The van der Waals surface area contributed by atoms with Crippen molar-refractivity contribution < 1.29 is 36.7 Å². The van der Waals surface area contributed by atoms with Crippen molar-refractivity contribution in [1.82, 2.24) is 0 Å². The molecule has 0 fully saturated rings. The van der Waals surface area contributed by atoms with Crippen LogP contribution in [-0.4, -0.2) is 47.9 Å². The van der Waals surface area contributed by atoms with Gasteiger partial charge in [-0.05, 0) is 25.0 Å². The van der Waals surface area contributed by atoms with Gasteiger partial charge >= 0.3 is 6.16 Å². The fourth-order valence-electron chi connectivity index (χ4n) is 1.55. The van der Waals surface area contributed by atoms with Gasteiger partial charge in [0.2, 0.25) is 0 Å². The highest BCUT2D eigenvalue weighted by atomic mass is 32.2. The highest BCUT2D eigenvalue weighted by Crippen LogP contribution is 2.26. The molecule has 1 atom stereocenters. The molecule has 1 rings (SSSR count). The summed E-state index contributed by atoms with van der Waals surface area (Å²) >= 11 is -2.82. The van der Waals surface area contributed by atoms with Crippen LogP contribution < -0.4 is 4.47 Å². The standard InChI is InChI=1S/C12H17NO8S2/c1-23(18,19)11-7-3-2-6-10(11)13(22(16)17)21-12(15)20-9-5-4-8-14/h2-3,6-7,14H,4-5,8-9H2,1H3,(H,16,17). The molecule has 0 spiro atoms. The van der Waals surface area contributed by atoms with Gasteiger partial charge in [0, 0.05) is 12.9 Å². The molecule has 1 aromatic carbocycles. The highest BCUT2D eigenvalue weighted by Gasteiger charge is 2.25. The summed E-state index contributed by atoms with van der Waals surface area (Å²) in [5, 5.41) is 8.60. The number of aliphatic hydroxyl groups excluding tert-OH is 1. The molecule has 0 aromatic heterocycles. The maximum atomic E-state index is 11.7. The molecule has 0 heterocycles. The second-order valence-electron chi connectivity index (χ2n) is 4.35. The van der Waals surface area contributed by atoms with Crippen LogP contribution in [0.4, 0.5) is 10.5 Å². The maximum Gasteiger partial charge on any atom is 0.534 e. The first-order valence-electron chi connectivity index (χ1n) is 6.43. The number of ether oxygens (including phenoxy) is 1. The molecule has 2 N–H and O–H groups in total. The van der Waals surface area contributed by atoms with E-state index in [1.165, 1.54) is 24.3 Å². The summed E-state index contributed by atoms with van der Waals surface area (Å²) in [5.41, 5.74) is -0.275. The molecule has 0 saturated heterocycles. The number of benzene rings is 1. The molecule has 0 saturated carbocycles. The van der Waals surface area contributed by atoms with E-state index in [1.54, 1.807) is 0 Å². The lowest BCUT2D eigenvalue weighted by molar-refractivity contribution is 0.0567. The molecule has 11 heteroatoms. The zero-order valence-corrected chi connectivity index (χ0v) is 13.9. The van der Waals surface area contributed by atoms with Crippen molar-refractivity contribution in [3.05, 3.63) is 24.3 Å². The first-order chi connectivity index (χ1) is 10.8. The van der Waals surface area contributed by atoms with Crippen LogP contribution in [0, 0.1) is 0 Å². The fourth-order valence-corrected chi connectivity index (χ4v) is 2.92. The molecule has 0 bridgehead atoms. The molecule has 1 unspecified atom stereocenters. The minimum atomic E-state index is -3.72. The van der Waals surface area contributed by atoms with Crippen LogP contribution in [0.3, 0.4) is 0 Å². The van der Waals surface area contributed by atoms with Gasteiger partial charge in [0.1, 0.15) is 5.69 Å². The molecular formula is C12H17NO8S2. The summed E-state index contributed by atoms with van der Waals surface area (Å²) in [6.07, 6.45) is 0.444. The third kappa shape index (κ3) is 6.14. The largest absolute Gasteiger partial charge is 0.534 e. The lowest BCUT2D eigenvalue weighted by Gasteiger charge is -2.19. The molecule has 0 aliphatic heterocycles. The predicted octanol–water partition coefficient (Wildman–Crippen LogP) is 0.874. The van der Waals surface area contributed by atoms with Gasteiger partial charge in [0.25, 0.3) is 11.3 Å². The van der Waals surface area contributed by atoms with Crippen molar-refractivity contribution in [2.24, 2.45) is 0 Å². The van der Waals surface area contributed by atoms with E-state index in [4.69, 9.17) is 5.11 Å². The number of unbranched alkanes of at least 4 members (excludes halogenated alkanes) is 1. The van der Waals surface area contributed by atoms with Crippen molar-refractivity contribution in [1.29, 1.82) is 0 Å². The smallest absolute Gasteiger partial charge is 0.433 e. The van der Waals surface area contributed by atoms with Crippen LogP contribution in [0.25, 0.3) is 0 Å². The first kappa shape index (κ1) is 19.4. The minimum Gasteiger partial charge on any atom is -0.433 e. The van der Waals surface area contributed by atoms with Gasteiger partial charge in [0.05, 0.1) is 11.5 Å². The minimum absolute atomic E-state index is 0.0565. The Balaban J connectivity index is 2.93. The molecule has 9 nitrogen and oxygen atoms in total. The molecule has 23 heavy (non-hydrogen) atoms. The molecule has 1 aromatic rings. The topological polar surface area (TPSA) is 130 Å². The second kappa shape index (κ2) is 8.82. The van der Waals surface area contributed by atoms with E-state index in [-0.39, 0.29) is 28.3 Å². The molecular weight excluding hydrogens is 350 g/mol. The van der Waals surface area contributed by atoms with Gasteiger partial charge in [-0.1, -0.05) is 16.6 Å². The van der Waals surface area contributed by atoms with Gasteiger partial charge in [0.15, 0.2) is 9.84 Å². The van der Waals surface area contributed by atoms with Crippen molar-refractivity contribution in [2.75, 3.05) is 23.9 Å². The predicted molar refractivity (Wildman–Crippen MR) is 81.6 cm³/mol. The van der Waals surface area contributed by atoms with E-state index in [0.717, 1.165) is 6.26 Å². The number of rotatable bonds is 8. The number of carbonyl (C=O) groups excluding carboxylic acids is 1. The molecule has 0 aliphatic carbocycles. The summed E-state index contributed by atoms with van der Waals surface area (Å²) in [7, 11) is -3.72. The number of para-hydroxylation sites is 1. The average Bonchev–Trinajstić information content (AvgIpc) is 2.48. The van der Waals surface area contributed by atoms with E-state index in [1.807, 2.05) is 0 Å². The Kier molecular flexibility index (Phi) is 7.42. The molecule has 130 valence electrons. The van der Waals surface area contributed by atoms with Gasteiger partial charge in [-0.2, -0.15) is 0 Å². The van der Waals surface area contributed by atoms with Gasteiger partial charge in [-0.15, -0.1) is 0 Å². The van der Waals surface area contributed by atoms with E-state index in [2.05, 4.69) is 9.57 Å². The molecule has 0 amide bonds. The van der Waals surface area contributed by atoms with Crippen LogP contribution in [0.1, 0.15) is 12.8 Å². The second-order valence-corrected chi connectivity index (χ2v) is 7.13. The third-order valence-corrected chi connectivity index (χ3v) is 4.23. The van der Waals surface area contributed by atoms with Crippen molar-refractivity contribution in [3.63, 3.8) is 0 Å². The Morgan fingerprint density at radius 3 is 2.52 bits per heavy atom. The van der Waals surface area contributed by atoms with Crippen LogP contribution in [0.15, 0.2) is 29.2 Å². The number of carbonyl (C=O) groups is 1. The van der Waals surface area contributed by atoms with Gasteiger partial charge < -0.3 is 9.84 Å². The van der Waals surface area contributed by atoms with Crippen molar-refractivity contribution >= 4 is 32.9 Å². The zero-order chi connectivity index (χ0) is 17.5. The first-order valence-corrected chi connectivity index (χ1v) is 9.38. The third-order valence-electron chi connectivity index (χ3n) is 2.53. The van der Waals surface area contributed by atoms with E-state index in [0.29, 0.717) is 12.8 Å². The SMILES string of the molecule is CS(=O)(=O)c1ccccc1N(OC(=O)OCCCCO)S(=O)O. The Labute approximate surface area is 136 Å². The Morgan fingerprint density at radius 1 is 1.30 bits per heavy atom. The average molecular weight is 367 g/mol. The zero-order valence-electron chi connectivity index (χ0n) is 12.2. The Morgan fingerprint density at radius 2 is 1.96 bits per heavy atom. The number of anilines is 1. The number of sulfone groups is 1. The number of aliphatic hydroxyl groups is 1. The molecule has 0 aliphatic rings. The Hall–Kier alpha value is -1.69. The normalized spacial score (nSPS) is 12.5.